The summed E-state index contributed by atoms with van der Waals surface area (Å²) in [5, 5.41) is 18.5. The highest BCUT2D eigenvalue weighted by Gasteiger charge is 2.45. The lowest BCUT2D eigenvalue weighted by molar-refractivity contribution is -0.132. The Bertz CT molecular complexity index is 911. The molecule has 2 unspecified atom stereocenters. The number of aliphatic imine (C=N–C) groups is 1. The third kappa shape index (κ3) is 3.85. The molecule has 2 heterocycles. The Hall–Kier alpha value is -2.92. The van der Waals surface area contributed by atoms with Gasteiger partial charge in [-0.05, 0) is 31.1 Å². The Morgan fingerprint density at radius 3 is 2.75 bits per heavy atom. The fourth-order valence-electron chi connectivity index (χ4n) is 3.03. The minimum absolute atomic E-state index is 0.0438. The second-order valence-electron chi connectivity index (χ2n) is 6.43. The number of aliphatic hydroxyl groups is 1. The van der Waals surface area contributed by atoms with Crippen LogP contribution >= 0.6 is 15.9 Å². The molecule has 3 amide bonds. The van der Waals surface area contributed by atoms with Crippen molar-refractivity contribution < 1.29 is 19.5 Å². The molecule has 0 bridgehead atoms. The first-order valence-electron chi connectivity index (χ1n) is 8.44. The van der Waals surface area contributed by atoms with Crippen LogP contribution in [0.2, 0.25) is 0 Å². The maximum absolute atomic E-state index is 12.4. The number of benzene rings is 1. The number of hydrogen-bond donors (Lipinski definition) is 6. The largest absolute Gasteiger partial charge is 0.372 e. The van der Waals surface area contributed by atoms with E-state index < -0.39 is 29.4 Å². The molecule has 1 saturated heterocycles. The van der Waals surface area contributed by atoms with Gasteiger partial charge in [0.15, 0.2) is 11.6 Å². The number of guanidine groups is 1. The first-order valence-corrected chi connectivity index (χ1v) is 9.24. The van der Waals surface area contributed by atoms with Gasteiger partial charge in [-0.15, -0.1) is 0 Å². The average molecular weight is 451 g/mol. The fourth-order valence-corrected chi connectivity index (χ4v) is 3.39. The first-order chi connectivity index (χ1) is 13.2. The predicted molar refractivity (Wildman–Crippen MR) is 105 cm³/mol. The summed E-state index contributed by atoms with van der Waals surface area (Å²) in [4.78, 5) is 40.8. The Labute approximate surface area is 168 Å². The molecular formula is C17H19BrN6O4. The zero-order chi connectivity index (χ0) is 20.5. The summed E-state index contributed by atoms with van der Waals surface area (Å²) in [6.07, 6.45) is 1.87. The lowest BCUT2D eigenvalue weighted by Gasteiger charge is -2.27. The van der Waals surface area contributed by atoms with Crippen LogP contribution in [0.5, 0.6) is 0 Å². The minimum atomic E-state index is -2.07. The van der Waals surface area contributed by atoms with Crippen LogP contribution < -0.4 is 27.4 Å². The van der Waals surface area contributed by atoms with E-state index in [1.807, 2.05) is 0 Å². The smallest absolute Gasteiger partial charge is 0.268 e. The van der Waals surface area contributed by atoms with E-state index in [0.717, 1.165) is 10.5 Å². The summed E-state index contributed by atoms with van der Waals surface area (Å²) >= 11 is 3.29. The summed E-state index contributed by atoms with van der Waals surface area (Å²) in [6.45, 7) is 0.330. The number of piperazine rings is 1. The molecule has 3 rings (SSSR count). The molecule has 28 heavy (non-hydrogen) atoms. The van der Waals surface area contributed by atoms with Crippen LogP contribution in [0.4, 0.5) is 5.69 Å². The number of carbonyl (C=O) groups excluding carboxylic acids is 3. The average Bonchev–Trinajstić information content (AvgIpc) is 2.85. The highest BCUT2D eigenvalue weighted by Crippen LogP contribution is 2.39. The van der Waals surface area contributed by atoms with Gasteiger partial charge in [-0.1, -0.05) is 22.0 Å². The fraction of sp³-hybridized carbons (Fsp3) is 0.294. The first kappa shape index (κ1) is 19.8. The summed E-state index contributed by atoms with van der Waals surface area (Å²) in [5.41, 5.74) is 8.90. The monoisotopic (exact) mass is 450 g/mol. The van der Waals surface area contributed by atoms with Gasteiger partial charge in [-0.3, -0.25) is 19.4 Å². The van der Waals surface area contributed by atoms with E-state index in [1.165, 1.54) is 0 Å². The molecule has 2 aliphatic rings. The molecule has 11 heteroatoms. The van der Waals surface area contributed by atoms with Gasteiger partial charge in [0, 0.05) is 22.3 Å². The Kier molecular flexibility index (Phi) is 5.38. The molecule has 0 saturated carbocycles. The van der Waals surface area contributed by atoms with E-state index in [-0.39, 0.29) is 17.2 Å². The molecule has 0 aromatic heterocycles. The van der Waals surface area contributed by atoms with Gasteiger partial charge in [-0.2, -0.15) is 0 Å². The molecule has 1 aromatic carbocycles. The number of hydrogen-bond acceptors (Lipinski definition) is 5. The summed E-state index contributed by atoms with van der Waals surface area (Å²) in [5.74, 6) is -1.81. The number of nitrogens with one attached hydrogen (secondary N) is 3. The van der Waals surface area contributed by atoms with Crippen molar-refractivity contribution in [3.63, 3.8) is 0 Å². The lowest BCUT2D eigenvalue weighted by Crippen LogP contribution is -2.55. The van der Waals surface area contributed by atoms with E-state index in [2.05, 4.69) is 36.9 Å². The Balaban J connectivity index is 1.76. The molecule has 8 N–H and O–H groups in total. The second-order valence-corrected chi connectivity index (χ2v) is 7.35. The van der Waals surface area contributed by atoms with Crippen LogP contribution in [0, 0.1) is 0 Å². The van der Waals surface area contributed by atoms with Gasteiger partial charge in [0.25, 0.3) is 11.8 Å². The molecule has 2 aliphatic heterocycles. The summed E-state index contributed by atoms with van der Waals surface area (Å²) in [7, 11) is 0. The number of anilines is 1. The van der Waals surface area contributed by atoms with Crippen LogP contribution in [-0.2, 0) is 20.0 Å². The summed E-state index contributed by atoms with van der Waals surface area (Å²) in [6, 6.07) is 4.10. The topological polar surface area (TPSA) is 172 Å². The third-order valence-electron chi connectivity index (χ3n) is 4.41. The molecule has 10 nitrogen and oxygen atoms in total. The quantitative estimate of drug-likeness (QED) is 0.147. The molecule has 1 fully saturated rings. The molecule has 0 aliphatic carbocycles. The predicted octanol–water partition coefficient (Wildman–Crippen LogP) is -0.859. The van der Waals surface area contributed by atoms with Crippen molar-refractivity contribution in [3.8, 4) is 0 Å². The molecule has 148 valence electrons. The van der Waals surface area contributed by atoms with E-state index in [0.29, 0.717) is 25.1 Å². The van der Waals surface area contributed by atoms with Crippen molar-refractivity contribution in [2.45, 2.75) is 24.5 Å². The number of fused-ring (bicyclic) bond motifs is 1. The molecular weight excluding hydrogens is 432 g/mol. The van der Waals surface area contributed by atoms with E-state index in [1.54, 1.807) is 18.2 Å². The number of amides is 3. The van der Waals surface area contributed by atoms with E-state index in [9.17, 15) is 19.5 Å². The van der Waals surface area contributed by atoms with Crippen LogP contribution in [0.1, 0.15) is 18.4 Å². The Morgan fingerprint density at radius 2 is 2.04 bits per heavy atom. The van der Waals surface area contributed by atoms with Gasteiger partial charge < -0.3 is 32.5 Å². The van der Waals surface area contributed by atoms with Crippen molar-refractivity contribution in [2.75, 3.05) is 11.9 Å². The number of halogens is 1. The number of nitrogens with two attached hydrogens (primary N) is 2. The van der Waals surface area contributed by atoms with Crippen molar-refractivity contribution in [2.24, 2.45) is 16.5 Å². The summed E-state index contributed by atoms with van der Waals surface area (Å²) < 4.78 is 0.718. The SMILES string of the molecule is NC(N)=NCCCC1NC(=O)C(=CC2(O)C(=O)Nc3cc(Br)ccc32)NC1=O. The van der Waals surface area contributed by atoms with Crippen molar-refractivity contribution in [1.82, 2.24) is 10.6 Å². The number of rotatable bonds is 5. The molecule has 0 radical (unpaired) electrons. The van der Waals surface area contributed by atoms with Gasteiger partial charge in [0.05, 0.1) is 0 Å². The third-order valence-corrected chi connectivity index (χ3v) is 4.90. The van der Waals surface area contributed by atoms with Crippen LogP contribution in [0.3, 0.4) is 0 Å². The normalized spacial score (nSPS) is 25.0. The number of carbonyl (C=O) groups is 3. The highest BCUT2D eigenvalue weighted by atomic mass is 79.9. The van der Waals surface area contributed by atoms with Crippen LogP contribution in [0.25, 0.3) is 0 Å². The van der Waals surface area contributed by atoms with Gasteiger partial charge in [0.2, 0.25) is 5.91 Å². The molecule has 0 spiro atoms. The minimum Gasteiger partial charge on any atom is -0.372 e. The van der Waals surface area contributed by atoms with E-state index >= 15 is 0 Å². The zero-order valence-electron chi connectivity index (χ0n) is 14.7. The zero-order valence-corrected chi connectivity index (χ0v) is 16.2. The van der Waals surface area contributed by atoms with Gasteiger partial charge in [-0.25, -0.2) is 0 Å². The second kappa shape index (κ2) is 7.60. The van der Waals surface area contributed by atoms with Crippen LogP contribution in [-0.4, -0.2) is 41.4 Å². The molecule has 1 aromatic rings. The maximum Gasteiger partial charge on any atom is 0.268 e. The van der Waals surface area contributed by atoms with Gasteiger partial charge >= 0.3 is 0 Å². The maximum atomic E-state index is 12.4. The van der Waals surface area contributed by atoms with Crippen molar-refractivity contribution >= 4 is 45.3 Å². The van der Waals surface area contributed by atoms with Gasteiger partial charge in [0.1, 0.15) is 11.7 Å². The lowest BCUT2D eigenvalue weighted by atomic mass is 9.93. The molecule has 2 atom stereocenters. The van der Waals surface area contributed by atoms with Crippen molar-refractivity contribution in [3.05, 3.63) is 40.0 Å². The number of nitrogens with zero attached hydrogens (tertiary/aromatic N) is 1. The van der Waals surface area contributed by atoms with E-state index in [4.69, 9.17) is 11.5 Å². The van der Waals surface area contributed by atoms with Crippen LogP contribution in [0.15, 0.2) is 39.4 Å². The van der Waals surface area contributed by atoms with Crippen molar-refractivity contribution in [1.29, 1.82) is 0 Å². The standard InChI is InChI=1S/C17H19BrN6O4/c18-8-3-4-9-11(6-8)24-15(27)17(9,28)7-12-14(26)22-10(13(25)23-12)2-1-5-21-16(19)20/h3-4,6-7,10,28H,1-2,5H2,(H,22,26)(H,23,25)(H,24,27)(H4,19,20,21). The Morgan fingerprint density at radius 1 is 1.29 bits per heavy atom. The highest BCUT2D eigenvalue weighted by molar-refractivity contribution is 9.10.